The second-order valence-corrected chi connectivity index (χ2v) is 4.33. The Hall–Kier alpha value is -1.68. The van der Waals surface area contributed by atoms with E-state index in [9.17, 15) is 9.59 Å². The van der Waals surface area contributed by atoms with Gasteiger partial charge in [-0.3, -0.25) is 14.5 Å². The Morgan fingerprint density at radius 2 is 1.88 bits per heavy atom. The fraction of sp³-hybridized carbons (Fsp3) is 0.385. The molecule has 2 N–H and O–H groups in total. The number of nitrogens with two attached hydrogens (primary N) is 1. The van der Waals surface area contributed by atoms with Crippen molar-refractivity contribution in [1.29, 1.82) is 0 Å². The fourth-order valence-corrected chi connectivity index (χ4v) is 2.16. The molecule has 90 valence electrons. The molecular weight excluding hydrogens is 216 g/mol. The minimum atomic E-state index is -0.220. The van der Waals surface area contributed by atoms with Crippen molar-refractivity contribution in [3.63, 3.8) is 0 Å². The van der Waals surface area contributed by atoms with Crippen molar-refractivity contribution in [3.8, 4) is 0 Å². The smallest absolute Gasteiger partial charge is 0.261 e. The molecule has 1 aromatic rings. The molecule has 2 rings (SSSR count). The zero-order valence-electron chi connectivity index (χ0n) is 10.1. The average molecular weight is 232 g/mol. The van der Waals surface area contributed by atoms with Crippen molar-refractivity contribution >= 4 is 11.8 Å². The number of hydrogen-bond acceptors (Lipinski definition) is 3. The number of amides is 2. The van der Waals surface area contributed by atoms with Crippen molar-refractivity contribution in [1.82, 2.24) is 4.90 Å². The van der Waals surface area contributed by atoms with Crippen LogP contribution >= 0.6 is 0 Å². The van der Waals surface area contributed by atoms with Crippen LogP contribution in [0.3, 0.4) is 0 Å². The van der Waals surface area contributed by atoms with Gasteiger partial charge in [-0.25, -0.2) is 0 Å². The Balaban J connectivity index is 2.45. The summed E-state index contributed by atoms with van der Waals surface area (Å²) in [5, 5.41) is 0. The van der Waals surface area contributed by atoms with Gasteiger partial charge in [0.1, 0.15) is 0 Å². The molecule has 1 aromatic carbocycles. The Kier molecular flexibility index (Phi) is 2.98. The summed E-state index contributed by atoms with van der Waals surface area (Å²) >= 11 is 0. The monoisotopic (exact) mass is 232 g/mol. The van der Waals surface area contributed by atoms with E-state index >= 15 is 0 Å². The van der Waals surface area contributed by atoms with E-state index in [1.54, 1.807) is 12.1 Å². The van der Waals surface area contributed by atoms with E-state index in [-0.39, 0.29) is 17.9 Å². The first-order chi connectivity index (χ1) is 8.10. The Morgan fingerprint density at radius 1 is 1.24 bits per heavy atom. The zero-order valence-corrected chi connectivity index (χ0v) is 10.1. The first-order valence-corrected chi connectivity index (χ1v) is 5.78. The second-order valence-electron chi connectivity index (χ2n) is 4.33. The van der Waals surface area contributed by atoms with Gasteiger partial charge in [-0.15, -0.1) is 0 Å². The van der Waals surface area contributed by atoms with Crippen LogP contribution in [0, 0.1) is 6.92 Å². The number of rotatable bonds is 3. The number of nitrogens with zero attached hydrogens (tertiary/aromatic N) is 1. The number of hydrogen-bond donors (Lipinski definition) is 1. The normalized spacial score (nSPS) is 16.3. The maximum atomic E-state index is 12.2. The highest BCUT2D eigenvalue weighted by molar-refractivity contribution is 6.21. The summed E-state index contributed by atoms with van der Waals surface area (Å²) in [4.78, 5) is 25.6. The van der Waals surface area contributed by atoms with E-state index < -0.39 is 0 Å². The van der Waals surface area contributed by atoms with Crippen LogP contribution in [0.4, 0.5) is 0 Å². The van der Waals surface area contributed by atoms with E-state index in [0.717, 1.165) is 5.56 Å². The molecule has 1 aliphatic heterocycles. The standard InChI is InChI=1S/C13H16N2O2/c1-3-9(7-14)15-12(16)10-5-4-8(2)6-11(10)13(15)17/h4-6,9H,3,7,14H2,1-2H3. The van der Waals surface area contributed by atoms with Gasteiger partial charge < -0.3 is 5.73 Å². The highest BCUT2D eigenvalue weighted by Gasteiger charge is 2.38. The van der Waals surface area contributed by atoms with Crippen molar-refractivity contribution in [2.75, 3.05) is 6.54 Å². The van der Waals surface area contributed by atoms with E-state index in [4.69, 9.17) is 5.73 Å². The minimum absolute atomic E-state index is 0.206. The number of benzene rings is 1. The second kappa shape index (κ2) is 4.30. The highest BCUT2D eigenvalue weighted by Crippen LogP contribution is 2.26. The molecule has 0 fully saturated rings. The molecule has 1 unspecified atom stereocenters. The maximum absolute atomic E-state index is 12.2. The lowest BCUT2D eigenvalue weighted by atomic mass is 10.1. The van der Waals surface area contributed by atoms with Crippen molar-refractivity contribution in [2.24, 2.45) is 5.73 Å². The van der Waals surface area contributed by atoms with E-state index in [0.29, 0.717) is 24.1 Å². The predicted molar refractivity (Wildman–Crippen MR) is 64.8 cm³/mol. The lowest BCUT2D eigenvalue weighted by molar-refractivity contribution is 0.0585. The topological polar surface area (TPSA) is 63.4 Å². The van der Waals surface area contributed by atoms with E-state index in [2.05, 4.69) is 0 Å². The molecule has 4 heteroatoms. The minimum Gasteiger partial charge on any atom is -0.328 e. The van der Waals surface area contributed by atoms with Crippen LogP contribution in [0.15, 0.2) is 18.2 Å². The predicted octanol–water partition coefficient (Wildman–Crippen LogP) is 1.33. The molecule has 1 heterocycles. The largest absolute Gasteiger partial charge is 0.328 e. The fourth-order valence-electron chi connectivity index (χ4n) is 2.16. The summed E-state index contributed by atoms with van der Waals surface area (Å²) in [6, 6.07) is 5.12. The molecule has 1 atom stereocenters. The summed E-state index contributed by atoms with van der Waals surface area (Å²) in [5.74, 6) is -0.437. The number of carbonyl (C=O) groups excluding carboxylic acids is 2. The van der Waals surface area contributed by atoms with Crippen molar-refractivity contribution in [2.45, 2.75) is 26.3 Å². The maximum Gasteiger partial charge on any atom is 0.261 e. The third kappa shape index (κ3) is 1.74. The number of aryl methyl sites for hydroxylation is 1. The van der Waals surface area contributed by atoms with Gasteiger partial charge in [-0.1, -0.05) is 18.6 Å². The van der Waals surface area contributed by atoms with Crippen LogP contribution in [0.1, 0.15) is 39.6 Å². The quantitative estimate of drug-likeness (QED) is 0.800. The molecule has 0 aromatic heterocycles. The molecule has 0 bridgehead atoms. The van der Waals surface area contributed by atoms with Crippen LogP contribution in [0.25, 0.3) is 0 Å². The highest BCUT2D eigenvalue weighted by atomic mass is 16.2. The Bertz CT molecular complexity index is 478. The first-order valence-electron chi connectivity index (χ1n) is 5.78. The zero-order chi connectivity index (χ0) is 12.6. The van der Waals surface area contributed by atoms with Crippen LogP contribution in [-0.2, 0) is 0 Å². The summed E-state index contributed by atoms with van der Waals surface area (Å²) in [7, 11) is 0. The van der Waals surface area contributed by atoms with Crippen LogP contribution in [0.2, 0.25) is 0 Å². The molecule has 0 spiro atoms. The lowest BCUT2D eigenvalue weighted by Crippen LogP contribution is -2.43. The van der Waals surface area contributed by atoms with Gasteiger partial charge in [0.25, 0.3) is 11.8 Å². The SMILES string of the molecule is CCC(CN)N1C(=O)c2ccc(C)cc2C1=O. The molecule has 17 heavy (non-hydrogen) atoms. The van der Waals surface area contributed by atoms with Gasteiger partial charge >= 0.3 is 0 Å². The molecule has 0 aliphatic carbocycles. The molecule has 1 aliphatic rings. The molecule has 2 amide bonds. The van der Waals surface area contributed by atoms with Gasteiger partial charge in [0, 0.05) is 6.54 Å². The first kappa shape index (κ1) is 11.8. The van der Waals surface area contributed by atoms with Gasteiger partial charge in [-0.05, 0) is 25.5 Å². The van der Waals surface area contributed by atoms with Gasteiger partial charge in [0.05, 0.1) is 17.2 Å². The number of imide groups is 1. The van der Waals surface area contributed by atoms with Gasteiger partial charge in [0.15, 0.2) is 0 Å². The summed E-state index contributed by atoms with van der Waals surface area (Å²) in [6.07, 6.45) is 0.681. The van der Waals surface area contributed by atoms with Crippen molar-refractivity contribution < 1.29 is 9.59 Å². The molecule has 0 radical (unpaired) electrons. The van der Waals surface area contributed by atoms with Crippen LogP contribution in [0.5, 0.6) is 0 Å². The third-order valence-corrected chi connectivity index (χ3v) is 3.18. The molecule has 0 saturated heterocycles. The molecule has 4 nitrogen and oxygen atoms in total. The van der Waals surface area contributed by atoms with Crippen LogP contribution in [-0.4, -0.2) is 29.3 Å². The van der Waals surface area contributed by atoms with Gasteiger partial charge in [-0.2, -0.15) is 0 Å². The van der Waals surface area contributed by atoms with E-state index in [1.165, 1.54) is 4.90 Å². The van der Waals surface area contributed by atoms with Crippen LogP contribution < -0.4 is 5.73 Å². The van der Waals surface area contributed by atoms with E-state index in [1.807, 2.05) is 19.9 Å². The number of carbonyl (C=O) groups is 2. The Labute approximate surface area is 100 Å². The van der Waals surface area contributed by atoms with Crippen molar-refractivity contribution in [3.05, 3.63) is 34.9 Å². The lowest BCUT2D eigenvalue weighted by Gasteiger charge is -2.23. The summed E-state index contributed by atoms with van der Waals surface area (Å²) in [6.45, 7) is 4.13. The number of fused-ring (bicyclic) bond motifs is 1. The molecular formula is C13H16N2O2. The molecule has 0 saturated carbocycles. The summed E-state index contributed by atoms with van der Waals surface area (Å²) in [5.41, 5.74) is 7.58. The van der Waals surface area contributed by atoms with Gasteiger partial charge in [0.2, 0.25) is 0 Å². The third-order valence-electron chi connectivity index (χ3n) is 3.18. The Morgan fingerprint density at radius 3 is 2.47 bits per heavy atom. The average Bonchev–Trinajstić information content (AvgIpc) is 2.56. The summed E-state index contributed by atoms with van der Waals surface area (Å²) < 4.78 is 0.